The summed E-state index contributed by atoms with van der Waals surface area (Å²) >= 11 is 0. The van der Waals surface area contributed by atoms with Crippen LogP contribution in [0.25, 0.3) is 0 Å². The maximum atomic E-state index is 12.2. The maximum absolute atomic E-state index is 12.2. The Balaban J connectivity index is 3.00. The molecule has 8 nitrogen and oxygen atoms in total. The summed E-state index contributed by atoms with van der Waals surface area (Å²) in [5.41, 5.74) is 4.93. The molecule has 4 N–H and O–H groups in total. The standard InChI is InChI=1S/C12H16N2O6S/c1-20-9-4-2-3-5-10(9)21(18,19)14-8(12(16)17)6-7-11(13)15/h2-5,8,14H,6-7H2,1H3,(H2,13,15)(H,16,17)/t8-/m1/s1. The van der Waals surface area contributed by atoms with Crippen molar-refractivity contribution in [2.75, 3.05) is 7.11 Å². The second-order valence-electron chi connectivity index (χ2n) is 4.17. The Hall–Kier alpha value is -2.13. The molecule has 1 rings (SSSR count). The number of rotatable bonds is 8. The number of carboxylic acid groups (broad SMARTS) is 1. The summed E-state index contributed by atoms with van der Waals surface area (Å²) in [6.07, 6.45) is -0.482. The minimum absolute atomic E-state index is 0.0871. The van der Waals surface area contributed by atoms with Crippen molar-refractivity contribution in [2.24, 2.45) is 5.73 Å². The van der Waals surface area contributed by atoms with E-state index in [0.717, 1.165) is 0 Å². The molecule has 0 bridgehead atoms. The highest BCUT2D eigenvalue weighted by Crippen LogP contribution is 2.23. The van der Waals surface area contributed by atoms with Gasteiger partial charge in [0, 0.05) is 6.42 Å². The lowest BCUT2D eigenvalue weighted by atomic mass is 10.2. The zero-order valence-electron chi connectivity index (χ0n) is 11.3. The van der Waals surface area contributed by atoms with Crippen molar-refractivity contribution in [3.63, 3.8) is 0 Å². The number of para-hydroxylation sites is 1. The number of nitrogens with one attached hydrogen (secondary N) is 1. The molecule has 0 aliphatic carbocycles. The first-order valence-corrected chi connectivity index (χ1v) is 7.42. The van der Waals surface area contributed by atoms with Gasteiger partial charge in [0.15, 0.2) is 0 Å². The Labute approximate surface area is 122 Å². The van der Waals surface area contributed by atoms with Crippen LogP contribution in [0, 0.1) is 0 Å². The number of primary amides is 1. The predicted octanol–water partition coefficient (Wildman–Crippen LogP) is -0.308. The SMILES string of the molecule is COc1ccccc1S(=O)(=O)N[C@H](CCC(N)=O)C(=O)O. The monoisotopic (exact) mass is 316 g/mol. The minimum Gasteiger partial charge on any atom is -0.495 e. The second-order valence-corrected chi connectivity index (χ2v) is 5.85. The lowest BCUT2D eigenvalue weighted by molar-refractivity contribution is -0.139. The maximum Gasteiger partial charge on any atom is 0.321 e. The molecule has 0 unspecified atom stereocenters. The third-order valence-corrected chi connectivity index (χ3v) is 4.14. The number of sulfonamides is 1. The summed E-state index contributed by atoms with van der Waals surface area (Å²) in [4.78, 5) is 21.6. The topological polar surface area (TPSA) is 136 Å². The molecule has 116 valence electrons. The summed E-state index contributed by atoms with van der Waals surface area (Å²) in [5.74, 6) is -2.02. The second kappa shape index (κ2) is 7.04. The van der Waals surface area contributed by atoms with Gasteiger partial charge in [0.1, 0.15) is 16.7 Å². The number of carbonyl (C=O) groups excluding carboxylic acids is 1. The number of carboxylic acids is 1. The van der Waals surface area contributed by atoms with Crippen LogP contribution < -0.4 is 15.2 Å². The summed E-state index contributed by atoms with van der Waals surface area (Å²) in [7, 11) is -2.80. The van der Waals surface area contributed by atoms with Crippen molar-refractivity contribution in [3.05, 3.63) is 24.3 Å². The Morgan fingerprint density at radius 2 is 2.00 bits per heavy atom. The molecule has 0 aromatic heterocycles. The number of methoxy groups -OCH3 is 1. The molecule has 0 spiro atoms. The smallest absolute Gasteiger partial charge is 0.321 e. The quantitative estimate of drug-likeness (QED) is 0.602. The third kappa shape index (κ3) is 4.72. The molecular formula is C12H16N2O6S. The van der Waals surface area contributed by atoms with Crippen LogP contribution in [-0.4, -0.2) is 38.6 Å². The number of ether oxygens (including phenoxy) is 1. The highest BCUT2D eigenvalue weighted by atomic mass is 32.2. The molecule has 0 saturated heterocycles. The van der Waals surface area contributed by atoms with E-state index in [-0.39, 0.29) is 23.5 Å². The average molecular weight is 316 g/mol. The van der Waals surface area contributed by atoms with Gasteiger partial charge in [-0.3, -0.25) is 9.59 Å². The lowest BCUT2D eigenvalue weighted by Crippen LogP contribution is -2.41. The molecule has 0 aliphatic heterocycles. The van der Waals surface area contributed by atoms with E-state index in [1.165, 1.54) is 25.3 Å². The molecule has 1 aromatic carbocycles. The van der Waals surface area contributed by atoms with Gasteiger partial charge in [-0.15, -0.1) is 0 Å². The first kappa shape index (κ1) is 16.9. The third-order valence-electron chi connectivity index (χ3n) is 2.63. The van der Waals surface area contributed by atoms with Crippen LogP contribution in [-0.2, 0) is 19.6 Å². The summed E-state index contributed by atoms with van der Waals surface area (Å²) in [6, 6.07) is 4.34. The highest BCUT2D eigenvalue weighted by molar-refractivity contribution is 7.89. The minimum atomic E-state index is -4.10. The van der Waals surface area contributed by atoms with E-state index >= 15 is 0 Å². The molecule has 9 heteroatoms. The van der Waals surface area contributed by atoms with Gasteiger partial charge in [-0.1, -0.05) is 12.1 Å². The van der Waals surface area contributed by atoms with E-state index < -0.39 is 27.9 Å². The van der Waals surface area contributed by atoms with E-state index in [9.17, 15) is 18.0 Å². The zero-order chi connectivity index (χ0) is 16.0. The fraction of sp³-hybridized carbons (Fsp3) is 0.333. The number of hydrogen-bond acceptors (Lipinski definition) is 5. The van der Waals surface area contributed by atoms with Crippen LogP contribution in [0.2, 0.25) is 0 Å². The van der Waals surface area contributed by atoms with Gasteiger partial charge in [-0.05, 0) is 18.6 Å². The summed E-state index contributed by atoms with van der Waals surface area (Å²) in [6.45, 7) is 0. The van der Waals surface area contributed by atoms with Gasteiger partial charge in [0.05, 0.1) is 7.11 Å². The molecule has 0 fully saturated rings. The molecule has 0 aliphatic rings. The van der Waals surface area contributed by atoms with Gasteiger partial charge in [0.2, 0.25) is 15.9 Å². The Morgan fingerprint density at radius 3 is 2.52 bits per heavy atom. The normalized spacial score (nSPS) is 12.6. The van der Waals surface area contributed by atoms with Crippen LogP contribution in [0.1, 0.15) is 12.8 Å². The molecule has 21 heavy (non-hydrogen) atoms. The fourth-order valence-corrected chi connectivity index (χ4v) is 3.01. The molecule has 1 atom stereocenters. The first-order chi connectivity index (χ1) is 9.77. The summed E-state index contributed by atoms with van der Waals surface area (Å²) < 4.78 is 31.4. The predicted molar refractivity (Wildman–Crippen MR) is 73.2 cm³/mol. The van der Waals surface area contributed by atoms with Gasteiger partial charge >= 0.3 is 5.97 Å². The van der Waals surface area contributed by atoms with E-state index in [1.54, 1.807) is 6.07 Å². The number of nitrogens with two attached hydrogens (primary N) is 1. The van der Waals surface area contributed by atoms with E-state index in [4.69, 9.17) is 15.6 Å². The highest BCUT2D eigenvalue weighted by Gasteiger charge is 2.27. The molecular weight excluding hydrogens is 300 g/mol. The van der Waals surface area contributed by atoms with Crippen molar-refractivity contribution >= 4 is 21.9 Å². The largest absolute Gasteiger partial charge is 0.495 e. The van der Waals surface area contributed by atoms with E-state index in [1.807, 2.05) is 4.72 Å². The fourth-order valence-electron chi connectivity index (χ4n) is 1.61. The molecule has 1 amide bonds. The number of amides is 1. The number of benzene rings is 1. The Bertz CT molecular complexity index is 628. The van der Waals surface area contributed by atoms with Gasteiger partial charge in [0.25, 0.3) is 0 Å². The van der Waals surface area contributed by atoms with Gasteiger partial charge in [-0.2, -0.15) is 4.72 Å². The van der Waals surface area contributed by atoms with Crippen LogP contribution in [0.15, 0.2) is 29.2 Å². The lowest BCUT2D eigenvalue weighted by Gasteiger charge is -2.15. The van der Waals surface area contributed by atoms with E-state index in [0.29, 0.717) is 0 Å². The zero-order valence-corrected chi connectivity index (χ0v) is 12.1. The average Bonchev–Trinajstić information content (AvgIpc) is 2.42. The number of aliphatic carboxylic acids is 1. The number of hydrogen-bond donors (Lipinski definition) is 3. The van der Waals surface area contributed by atoms with Crippen molar-refractivity contribution < 1.29 is 27.9 Å². The molecule has 0 heterocycles. The van der Waals surface area contributed by atoms with Crippen molar-refractivity contribution in [1.82, 2.24) is 4.72 Å². The Morgan fingerprint density at radius 1 is 1.38 bits per heavy atom. The summed E-state index contributed by atoms with van der Waals surface area (Å²) in [5, 5.41) is 9.01. The Kier molecular flexibility index (Phi) is 5.68. The van der Waals surface area contributed by atoms with Gasteiger partial charge < -0.3 is 15.6 Å². The first-order valence-electron chi connectivity index (χ1n) is 5.94. The van der Waals surface area contributed by atoms with Crippen LogP contribution in [0.4, 0.5) is 0 Å². The molecule has 0 saturated carbocycles. The van der Waals surface area contributed by atoms with Crippen molar-refractivity contribution in [1.29, 1.82) is 0 Å². The number of carbonyl (C=O) groups is 2. The van der Waals surface area contributed by atoms with Gasteiger partial charge in [-0.25, -0.2) is 8.42 Å². The van der Waals surface area contributed by atoms with E-state index in [2.05, 4.69) is 0 Å². The molecule has 1 aromatic rings. The van der Waals surface area contributed by atoms with Crippen LogP contribution in [0.5, 0.6) is 5.75 Å². The van der Waals surface area contributed by atoms with Crippen molar-refractivity contribution in [3.8, 4) is 5.75 Å². The van der Waals surface area contributed by atoms with Crippen LogP contribution >= 0.6 is 0 Å². The molecule has 0 radical (unpaired) electrons. The van der Waals surface area contributed by atoms with Crippen LogP contribution in [0.3, 0.4) is 0 Å². The van der Waals surface area contributed by atoms with Crippen molar-refractivity contribution in [2.45, 2.75) is 23.8 Å².